The Morgan fingerprint density at radius 2 is 1.65 bits per heavy atom. The van der Waals surface area contributed by atoms with Crippen molar-refractivity contribution >= 4 is 17.5 Å². The Kier molecular flexibility index (Phi) is 6.51. The number of hydrogen-bond acceptors (Lipinski definition) is 4. The van der Waals surface area contributed by atoms with Crippen LogP contribution < -0.4 is 9.64 Å². The Hall–Kier alpha value is -2.24. The van der Waals surface area contributed by atoms with Crippen LogP contribution in [-0.2, 0) is 9.59 Å². The van der Waals surface area contributed by atoms with Gasteiger partial charge in [-0.25, -0.2) is 0 Å². The van der Waals surface area contributed by atoms with E-state index in [1.807, 2.05) is 43.0 Å². The molecule has 144 valence electrons. The number of carbonyl (C=O) groups excluding carboxylic acids is 2. The monoisotopic (exact) mass is 361 g/mol. The lowest BCUT2D eigenvalue weighted by Gasteiger charge is -2.40. The van der Waals surface area contributed by atoms with E-state index in [2.05, 4.69) is 4.90 Å². The summed E-state index contributed by atoms with van der Waals surface area (Å²) in [6, 6.07) is 7.91. The molecule has 1 saturated heterocycles. The van der Waals surface area contributed by atoms with Gasteiger partial charge in [0.1, 0.15) is 11.2 Å². The van der Waals surface area contributed by atoms with Gasteiger partial charge in [-0.1, -0.05) is 12.1 Å². The van der Waals surface area contributed by atoms with Gasteiger partial charge in [-0.3, -0.25) is 9.59 Å². The molecule has 0 aromatic heterocycles. The van der Waals surface area contributed by atoms with Crippen LogP contribution in [0.4, 0.5) is 5.69 Å². The van der Waals surface area contributed by atoms with Crippen molar-refractivity contribution in [1.29, 1.82) is 0 Å². The average Bonchev–Trinajstić information content (AvgIpc) is 2.68. The standard InChI is InChI=1S/C20H31N3O3/c1-6-21(7-2)18(24)20(3,4)19(25)23-14-12-22(13-15-23)16-10-8-9-11-17(16)26-5/h8-11H,6-7,12-15H2,1-5H3. The van der Waals surface area contributed by atoms with E-state index >= 15 is 0 Å². The molecular formula is C20H31N3O3. The molecular weight excluding hydrogens is 330 g/mol. The van der Waals surface area contributed by atoms with Crippen molar-refractivity contribution in [3.63, 3.8) is 0 Å². The predicted molar refractivity (Wildman–Crippen MR) is 103 cm³/mol. The Bertz CT molecular complexity index is 633. The lowest BCUT2D eigenvalue weighted by Crippen LogP contribution is -2.56. The van der Waals surface area contributed by atoms with E-state index in [9.17, 15) is 9.59 Å². The highest BCUT2D eigenvalue weighted by atomic mass is 16.5. The number of benzene rings is 1. The third-order valence-electron chi connectivity index (χ3n) is 5.11. The van der Waals surface area contributed by atoms with Crippen LogP contribution in [0, 0.1) is 5.41 Å². The molecule has 1 aromatic carbocycles. The molecule has 2 amide bonds. The van der Waals surface area contributed by atoms with Crippen LogP contribution in [-0.4, -0.2) is 68.0 Å². The van der Waals surface area contributed by atoms with Gasteiger partial charge < -0.3 is 19.4 Å². The van der Waals surface area contributed by atoms with Gasteiger partial charge >= 0.3 is 0 Å². The summed E-state index contributed by atoms with van der Waals surface area (Å²) in [7, 11) is 1.67. The molecule has 1 fully saturated rings. The molecule has 26 heavy (non-hydrogen) atoms. The Morgan fingerprint density at radius 3 is 2.19 bits per heavy atom. The maximum absolute atomic E-state index is 13.0. The number of piperazine rings is 1. The van der Waals surface area contributed by atoms with Crippen LogP contribution in [0.5, 0.6) is 5.75 Å². The third kappa shape index (κ3) is 3.94. The van der Waals surface area contributed by atoms with E-state index < -0.39 is 5.41 Å². The maximum Gasteiger partial charge on any atom is 0.237 e. The largest absolute Gasteiger partial charge is 0.495 e. The highest BCUT2D eigenvalue weighted by Crippen LogP contribution is 2.29. The molecule has 0 aliphatic carbocycles. The van der Waals surface area contributed by atoms with Crippen molar-refractivity contribution < 1.29 is 14.3 Å². The number of para-hydroxylation sites is 2. The summed E-state index contributed by atoms with van der Waals surface area (Å²) in [6.07, 6.45) is 0. The number of anilines is 1. The zero-order valence-corrected chi connectivity index (χ0v) is 16.6. The van der Waals surface area contributed by atoms with Crippen molar-refractivity contribution in [2.75, 3.05) is 51.3 Å². The van der Waals surface area contributed by atoms with Gasteiger partial charge in [-0.15, -0.1) is 0 Å². The van der Waals surface area contributed by atoms with Crippen LogP contribution in [0.15, 0.2) is 24.3 Å². The molecule has 0 N–H and O–H groups in total. The highest BCUT2D eigenvalue weighted by molar-refractivity contribution is 6.04. The van der Waals surface area contributed by atoms with Gasteiger partial charge in [0.2, 0.25) is 11.8 Å². The number of ether oxygens (including phenoxy) is 1. The number of hydrogen-bond donors (Lipinski definition) is 0. The minimum absolute atomic E-state index is 0.0888. The average molecular weight is 361 g/mol. The van der Waals surface area contributed by atoms with Crippen molar-refractivity contribution in [2.24, 2.45) is 5.41 Å². The molecule has 6 nitrogen and oxygen atoms in total. The fourth-order valence-electron chi connectivity index (χ4n) is 3.43. The first-order valence-electron chi connectivity index (χ1n) is 9.33. The summed E-state index contributed by atoms with van der Waals surface area (Å²) in [4.78, 5) is 31.5. The summed E-state index contributed by atoms with van der Waals surface area (Å²) in [5.41, 5.74) is 0.0131. The van der Waals surface area contributed by atoms with E-state index in [0.29, 0.717) is 26.2 Å². The smallest absolute Gasteiger partial charge is 0.237 e. The zero-order chi connectivity index (χ0) is 19.3. The topological polar surface area (TPSA) is 53.1 Å². The Balaban J connectivity index is 2.04. The van der Waals surface area contributed by atoms with Gasteiger partial charge in [-0.05, 0) is 39.8 Å². The lowest BCUT2D eigenvalue weighted by molar-refractivity contribution is -0.154. The summed E-state index contributed by atoms with van der Waals surface area (Å²) < 4.78 is 5.44. The number of amides is 2. The zero-order valence-electron chi connectivity index (χ0n) is 16.6. The molecule has 0 bridgehead atoms. The molecule has 1 heterocycles. The fourth-order valence-corrected chi connectivity index (χ4v) is 3.43. The van der Waals surface area contributed by atoms with Crippen LogP contribution in [0.2, 0.25) is 0 Å². The second-order valence-electron chi connectivity index (χ2n) is 7.05. The molecule has 1 aliphatic heterocycles. The Morgan fingerprint density at radius 1 is 1.08 bits per heavy atom. The SMILES string of the molecule is CCN(CC)C(=O)C(C)(C)C(=O)N1CCN(c2ccccc2OC)CC1. The second-order valence-corrected chi connectivity index (χ2v) is 7.05. The number of carbonyl (C=O) groups is 2. The van der Waals surface area contributed by atoms with E-state index in [4.69, 9.17) is 4.74 Å². The molecule has 0 radical (unpaired) electrons. The molecule has 1 aromatic rings. The van der Waals surface area contributed by atoms with E-state index in [1.54, 1.807) is 25.9 Å². The van der Waals surface area contributed by atoms with Crippen molar-refractivity contribution in [3.05, 3.63) is 24.3 Å². The van der Waals surface area contributed by atoms with Crippen LogP contribution in [0.1, 0.15) is 27.7 Å². The van der Waals surface area contributed by atoms with Gasteiger partial charge in [0.15, 0.2) is 0 Å². The first-order valence-corrected chi connectivity index (χ1v) is 9.33. The maximum atomic E-state index is 13.0. The first kappa shape index (κ1) is 20.1. The third-order valence-corrected chi connectivity index (χ3v) is 5.11. The van der Waals surface area contributed by atoms with Crippen LogP contribution >= 0.6 is 0 Å². The molecule has 1 aliphatic rings. The van der Waals surface area contributed by atoms with Gasteiger partial charge in [0.05, 0.1) is 12.8 Å². The minimum atomic E-state index is -1.03. The van der Waals surface area contributed by atoms with Gasteiger partial charge in [0, 0.05) is 39.3 Å². The van der Waals surface area contributed by atoms with E-state index in [-0.39, 0.29) is 11.8 Å². The van der Waals surface area contributed by atoms with E-state index in [1.165, 1.54) is 0 Å². The summed E-state index contributed by atoms with van der Waals surface area (Å²) in [6.45, 7) is 11.2. The van der Waals surface area contributed by atoms with Crippen LogP contribution in [0.3, 0.4) is 0 Å². The number of rotatable bonds is 6. The molecule has 0 spiro atoms. The van der Waals surface area contributed by atoms with Gasteiger partial charge in [0.25, 0.3) is 0 Å². The molecule has 0 atom stereocenters. The molecule has 0 saturated carbocycles. The predicted octanol–water partition coefficient (Wildman–Crippen LogP) is 2.24. The fraction of sp³-hybridized carbons (Fsp3) is 0.600. The number of nitrogens with zero attached hydrogens (tertiary/aromatic N) is 3. The second kappa shape index (κ2) is 8.43. The minimum Gasteiger partial charge on any atom is -0.495 e. The summed E-state index contributed by atoms with van der Waals surface area (Å²) in [5, 5.41) is 0. The van der Waals surface area contributed by atoms with E-state index in [0.717, 1.165) is 24.5 Å². The van der Waals surface area contributed by atoms with Crippen molar-refractivity contribution in [3.8, 4) is 5.75 Å². The lowest BCUT2D eigenvalue weighted by atomic mass is 9.89. The Labute approximate surface area is 156 Å². The van der Waals surface area contributed by atoms with Crippen LogP contribution in [0.25, 0.3) is 0 Å². The molecule has 2 rings (SSSR count). The summed E-state index contributed by atoms with van der Waals surface area (Å²) >= 11 is 0. The highest BCUT2D eigenvalue weighted by Gasteiger charge is 2.41. The van der Waals surface area contributed by atoms with Crippen molar-refractivity contribution in [2.45, 2.75) is 27.7 Å². The molecule has 6 heteroatoms. The first-order chi connectivity index (χ1) is 12.4. The quantitative estimate of drug-likeness (QED) is 0.729. The number of methoxy groups -OCH3 is 1. The van der Waals surface area contributed by atoms with Gasteiger partial charge in [-0.2, -0.15) is 0 Å². The normalized spacial score (nSPS) is 15.0. The summed E-state index contributed by atoms with van der Waals surface area (Å²) in [5.74, 6) is 0.651. The van der Waals surface area contributed by atoms with Crippen molar-refractivity contribution in [1.82, 2.24) is 9.80 Å². The molecule has 0 unspecified atom stereocenters.